The molecule has 0 fully saturated rings. The normalized spacial score (nSPS) is 11.6. The highest BCUT2D eigenvalue weighted by Gasteiger charge is 2.19. The summed E-state index contributed by atoms with van der Waals surface area (Å²) in [6.07, 6.45) is 1.57. The number of amides is 1. The molecule has 5 nitrogen and oxygen atoms in total. The summed E-state index contributed by atoms with van der Waals surface area (Å²) in [5.41, 5.74) is 6.08. The van der Waals surface area contributed by atoms with Gasteiger partial charge in [-0.1, -0.05) is 17.7 Å². The molecule has 0 spiro atoms. The largest absolute Gasteiger partial charge is 0.480 e. The van der Waals surface area contributed by atoms with Crippen LogP contribution < -0.4 is 11.1 Å². The molecule has 18 heavy (non-hydrogen) atoms. The Morgan fingerprint density at radius 2 is 2.22 bits per heavy atom. The molecule has 4 N–H and O–H groups in total. The molecule has 1 rings (SSSR count). The third-order valence-corrected chi connectivity index (χ3v) is 2.61. The lowest BCUT2D eigenvalue weighted by molar-refractivity contribution is -0.139. The molecule has 0 heterocycles. The van der Waals surface area contributed by atoms with Gasteiger partial charge in [0.1, 0.15) is 6.04 Å². The van der Waals surface area contributed by atoms with Crippen LogP contribution in [0.5, 0.6) is 0 Å². The molecule has 0 aliphatic rings. The SMILES string of the molecule is C=CCC(NC(=O)c1ccc(Cl)c(N)c1)C(=O)O. The van der Waals surface area contributed by atoms with Crippen LogP contribution in [0.1, 0.15) is 16.8 Å². The Morgan fingerprint density at radius 1 is 1.56 bits per heavy atom. The van der Waals surface area contributed by atoms with Crippen molar-refractivity contribution >= 4 is 29.2 Å². The molecule has 1 aromatic rings. The van der Waals surface area contributed by atoms with Crippen molar-refractivity contribution in [3.8, 4) is 0 Å². The predicted octanol–water partition coefficient (Wildman–Crippen LogP) is 1.68. The smallest absolute Gasteiger partial charge is 0.326 e. The van der Waals surface area contributed by atoms with Crippen LogP contribution in [0.15, 0.2) is 30.9 Å². The van der Waals surface area contributed by atoms with E-state index >= 15 is 0 Å². The molecule has 0 aromatic heterocycles. The van der Waals surface area contributed by atoms with Crippen LogP contribution >= 0.6 is 11.6 Å². The summed E-state index contributed by atoms with van der Waals surface area (Å²) in [4.78, 5) is 22.7. The molecule has 0 aliphatic carbocycles. The Labute approximate surface area is 109 Å². The number of nitrogens with two attached hydrogens (primary N) is 1. The number of aliphatic carboxylic acids is 1. The number of benzene rings is 1. The van der Waals surface area contributed by atoms with Crippen molar-refractivity contribution in [3.05, 3.63) is 41.4 Å². The summed E-state index contributed by atoms with van der Waals surface area (Å²) in [7, 11) is 0. The fourth-order valence-corrected chi connectivity index (χ4v) is 1.43. The summed E-state index contributed by atoms with van der Waals surface area (Å²) >= 11 is 5.73. The Morgan fingerprint density at radius 3 is 2.72 bits per heavy atom. The van der Waals surface area contributed by atoms with Crippen LogP contribution in [-0.2, 0) is 4.79 Å². The van der Waals surface area contributed by atoms with Crippen molar-refractivity contribution < 1.29 is 14.7 Å². The van der Waals surface area contributed by atoms with Crippen LogP contribution in [0.4, 0.5) is 5.69 Å². The molecular formula is C12H13ClN2O3. The molecule has 1 amide bonds. The number of hydrogen-bond acceptors (Lipinski definition) is 3. The Hall–Kier alpha value is -2.01. The quantitative estimate of drug-likeness (QED) is 0.560. The van der Waals surface area contributed by atoms with Gasteiger partial charge in [-0.3, -0.25) is 4.79 Å². The number of nitrogen functional groups attached to an aromatic ring is 1. The molecule has 0 radical (unpaired) electrons. The van der Waals surface area contributed by atoms with Crippen LogP contribution in [-0.4, -0.2) is 23.0 Å². The minimum Gasteiger partial charge on any atom is -0.480 e. The molecule has 1 unspecified atom stereocenters. The van der Waals surface area contributed by atoms with Gasteiger partial charge >= 0.3 is 5.97 Å². The maximum absolute atomic E-state index is 11.8. The zero-order valence-electron chi connectivity index (χ0n) is 9.52. The van der Waals surface area contributed by atoms with Gasteiger partial charge in [-0.2, -0.15) is 0 Å². The van der Waals surface area contributed by atoms with E-state index in [4.69, 9.17) is 22.4 Å². The van der Waals surface area contributed by atoms with Gasteiger partial charge in [-0.15, -0.1) is 6.58 Å². The molecule has 0 aliphatic heterocycles. The number of carboxylic acid groups (broad SMARTS) is 1. The first-order chi connectivity index (χ1) is 8.45. The van der Waals surface area contributed by atoms with Gasteiger partial charge in [0.2, 0.25) is 0 Å². The zero-order chi connectivity index (χ0) is 13.7. The highest BCUT2D eigenvalue weighted by molar-refractivity contribution is 6.33. The summed E-state index contributed by atoms with van der Waals surface area (Å²) in [5.74, 6) is -1.64. The highest BCUT2D eigenvalue weighted by atomic mass is 35.5. The first-order valence-electron chi connectivity index (χ1n) is 5.15. The van der Waals surface area contributed by atoms with E-state index in [-0.39, 0.29) is 17.7 Å². The van der Waals surface area contributed by atoms with Crippen LogP contribution in [0.3, 0.4) is 0 Å². The van der Waals surface area contributed by atoms with E-state index in [9.17, 15) is 9.59 Å². The fourth-order valence-electron chi connectivity index (χ4n) is 1.31. The molecular weight excluding hydrogens is 256 g/mol. The van der Waals surface area contributed by atoms with Gasteiger partial charge in [-0.05, 0) is 24.6 Å². The molecule has 0 bridgehead atoms. The highest BCUT2D eigenvalue weighted by Crippen LogP contribution is 2.19. The third kappa shape index (κ3) is 3.49. The van der Waals surface area contributed by atoms with E-state index in [0.29, 0.717) is 5.02 Å². The second-order valence-electron chi connectivity index (χ2n) is 3.62. The van der Waals surface area contributed by atoms with E-state index in [2.05, 4.69) is 11.9 Å². The lowest BCUT2D eigenvalue weighted by Gasteiger charge is -2.12. The van der Waals surface area contributed by atoms with Crippen molar-refractivity contribution in [1.29, 1.82) is 0 Å². The Balaban J connectivity index is 2.83. The summed E-state index contributed by atoms with van der Waals surface area (Å²) in [5, 5.41) is 11.6. The van der Waals surface area contributed by atoms with Crippen molar-refractivity contribution in [3.63, 3.8) is 0 Å². The van der Waals surface area contributed by atoms with E-state index in [0.717, 1.165) is 0 Å². The average molecular weight is 269 g/mol. The van der Waals surface area contributed by atoms with Crippen LogP contribution in [0, 0.1) is 0 Å². The van der Waals surface area contributed by atoms with E-state index in [1.807, 2.05) is 0 Å². The second kappa shape index (κ2) is 6.07. The van der Waals surface area contributed by atoms with Gasteiger partial charge in [0, 0.05) is 5.56 Å². The van der Waals surface area contributed by atoms with Gasteiger partial charge < -0.3 is 16.2 Å². The van der Waals surface area contributed by atoms with Crippen molar-refractivity contribution in [1.82, 2.24) is 5.32 Å². The standard InChI is InChI=1S/C12H13ClN2O3/c1-2-3-10(12(17)18)15-11(16)7-4-5-8(13)9(14)6-7/h2,4-6,10H,1,3,14H2,(H,15,16)(H,17,18). The maximum Gasteiger partial charge on any atom is 0.326 e. The van der Waals surface area contributed by atoms with Gasteiger partial charge in [0.05, 0.1) is 10.7 Å². The van der Waals surface area contributed by atoms with Gasteiger partial charge in [0.25, 0.3) is 5.91 Å². The fraction of sp³-hybridized carbons (Fsp3) is 0.167. The Bertz CT molecular complexity index is 488. The average Bonchev–Trinajstić information content (AvgIpc) is 2.31. The number of hydrogen-bond donors (Lipinski definition) is 3. The Kier molecular flexibility index (Phi) is 4.74. The van der Waals surface area contributed by atoms with Crippen molar-refractivity contribution in [2.75, 3.05) is 5.73 Å². The number of carboxylic acids is 1. The minimum absolute atomic E-state index is 0.143. The number of halogens is 1. The third-order valence-electron chi connectivity index (χ3n) is 2.26. The monoisotopic (exact) mass is 268 g/mol. The molecule has 1 aromatic carbocycles. The predicted molar refractivity (Wildman–Crippen MR) is 69.6 cm³/mol. The number of nitrogens with one attached hydrogen (secondary N) is 1. The second-order valence-corrected chi connectivity index (χ2v) is 4.03. The first-order valence-corrected chi connectivity index (χ1v) is 5.53. The summed E-state index contributed by atoms with van der Waals surface area (Å²) in [6.45, 7) is 3.44. The lowest BCUT2D eigenvalue weighted by atomic mass is 10.1. The van der Waals surface area contributed by atoms with E-state index in [1.165, 1.54) is 24.3 Å². The number of carbonyl (C=O) groups excluding carboxylic acids is 1. The topological polar surface area (TPSA) is 92.4 Å². The molecule has 96 valence electrons. The van der Waals surface area contributed by atoms with Gasteiger partial charge in [-0.25, -0.2) is 4.79 Å². The number of carbonyl (C=O) groups is 2. The first kappa shape index (κ1) is 14.1. The lowest BCUT2D eigenvalue weighted by Crippen LogP contribution is -2.40. The number of anilines is 1. The van der Waals surface area contributed by atoms with Crippen molar-refractivity contribution in [2.45, 2.75) is 12.5 Å². The van der Waals surface area contributed by atoms with Crippen LogP contribution in [0.2, 0.25) is 5.02 Å². The molecule has 0 saturated carbocycles. The summed E-state index contributed by atoms with van der Waals surface area (Å²) in [6, 6.07) is 3.34. The molecule has 0 saturated heterocycles. The van der Waals surface area contributed by atoms with Crippen molar-refractivity contribution in [2.24, 2.45) is 0 Å². The van der Waals surface area contributed by atoms with Gasteiger partial charge in [0.15, 0.2) is 0 Å². The minimum atomic E-state index is -1.12. The maximum atomic E-state index is 11.8. The van der Waals surface area contributed by atoms with E-state index < -0.39 is 17.9 Å². The number of rotatable bonds is 5. The molecule has 1 atom stereocenters. The summed E-state index contributed by atoms with van der Waals surface area (Å²) < 4.78 is 0. The van der Waals surface area contributed by atoms with Crippen LogP contribution in [0.25, 0.3) is 0 Å². The molecule has 6 heteroatoms. The zero-order valence-corrected chi connectivity index (χ0v) is 10.3. The van der Waals surface area contributed by atoms with E-state index in [1.54, 1.807) is 0 Å².